The predicted octanol–water partition coefficient (Wildman–Crippen LogP) is 5.23. The fourth-order valence-corrected chi connectivity index (χ4v) is 5.66. The first kappa shape index (κ1) is 25.9. The lowest BCUT2D eigenvalue weighted by molar-refractivity contribution is 0.0950. The molecule has 0 radical (unpaired) electrons. The molecule has 1 fully saturated rings. The number of aromatic nitrogens is 3. The summed E-state index contributed by atoms with van der Waals surface area (Å²) in [6, 6.07) is 13.0. The van der Waals surface area contributed by atoms with Gasteiger partial charge in [0.15, 0.2) is 5.65 Å². The van der Waals surface area contributed by atoms with E-state index in [9.17, 15) is 18.4 Å². The molecule has 204 valence electrons. The highest BCUT2D eigenvalue weighted by molar-refractivity contribution is 5.94. The van der Waals surface area contributed by atoms with Gasteiger partial charge in [-0.05, 0) is 74.9 Å². The molecule has 1 atom stereocenters. The fraction of sp³-hybridized carbons (Fsp3) is 0.290. The number of benzene rings is 2. The molecule has 2 aromatic carbocycles. The van der Waals surface area contributed by atoms with Gasteiger partial charge in [0.05, 0.1) is 11.4 Å². The third-order valence-corrected chi connectivity index (χ3v) is 7.86. The molecule has 7 nitrogen and oxygen atoms in total. The Morgan fingerprint density at radius 1 is 1.05 bits per heavy atom. The number of hydrogen-bond acceptors (Lipinski definition) is 5. The van der Waals surface area contributed by atoms with E-state index < -0.39 is 17.5 Å². The highest BCUT2D eigenvalue weighted by Gasteiger charge is 2.27. The van der Waals surface area contributed by atoms with Crippen LogP contribution < -0.4 is 15.8 Å². The average molecular weight is 542 g/mol. The van der Waals surface area contributed by atoms with E-state index in [4.69, 9.17) is 9.97 Å². The largest absolute Gasteiger partial charge is 0.348 e. The second-order valence-electron chi connectivity index (χ2n) is 10.4. The summed E-state index contributed by atoms with van der Waals surface area (Å²) >= 11 is 0. The molecule has 2 aliphatic rings. The van der Waals surface area contributed by atoms with E-state index in [1.54, 1.807) is 30.3 Å². The summed E-state index contributed by atoms with van der Waals surface area (Å²) in [5, 5.41) is 3.42. The van der Waals surface area contributed by atoms with Gasteiger partial charge < -0.3 is 10.2 Å². The van der Waals surface area contributed by atoms with Gasteiger partial charge in [0.2, 0.25) is 5.95 Å². The van der Waals surface area contributed by atoms with E-state index in [0.717, 1.165) is 49.1 Å². The highest BCUT2D eigenvalue weighted by Crippen LogP contribution is 2.33. The zero-order valence-corrected chi connectivity index (χ0v) is 22.2. The van der Waals surface area contributed by atoms with Gasteiger partial charge in [-0.15, -0.1) is 0 Å². The predicted molar refractivity (Wildman–Crippen MR) is 150 cm³/mol. The van der Waals surface area contributed by atoms with E-state index in [0.29, 0.717) is 28.8 Å². The standard InChI is InChI=1S/C31H29F2N5O2/c1-19-26-12-13-28(39)38(29(26)36-31(35-19)37-15-14-20-4-2-3-5-23(20)18-37)25-10-7-21(8-11-25)30(40)34-17-22-6-9-24(32)16-27(22)33/h5-13,16,20H,2-4,14-15,17-18H2,1H3,(H,34,40). The summed E-state index contributed by atoms with van der Waals surface area (Å²) < 4.78 is 28.6. The van der Waals surface area contributed by atoms with E-state index in [1.165, 1.54) is 35.1 Å². The van der Waals surface area contributed by atoms with E-state index in [-0.39, 0.29) is 17.7 Å². The number of allylic oxidation sites excluding steroid dienone is 1. The molecule has 1 N–H and O–H groups in total. The number of aryl methyl sites for hydroxylation is 1. The number of fused-ring (bicyclic) bond motifs is 2. The van der Waals surface area contributed by atoms with Crippen LogP contribution in [0.15, 0.2) is 71.0 Å². The maximum atomic E-state index is 13.9. The second kappa shape index (κ2) is 10.6. The summed E-state index contributed by atoms with van der Waals surface area (Å²) in [5.74, 6) is -0.553. The number of rotatable bonds is 5. The van der Waals surface area contributed by atoms with Gasteiger partial charge in [0.1, 0.15) is 11.6 Å². The molecule has 40 heavy (non-hydrogen) atoms. The lowest BCUT2D eigenvalue weighted by Crippen LogP contribution is -2.37. The molecule has 1 aliphatic heterocycles. The lowest BCUT2D eigenvalue weighted by atomic mass is 9.82. The van der Waals surface area contributed by atoms with Crippen molar-refractivity contribution in [2.75, 3.05) is 18.0 Å². The molecule has 1 unspecified atom stereocenters. The zero-order chi connectivity index (χ0) is 27.8. The molecule has 2 aromatic heterocycles. The minimum atomic E-state index is -0.720. The smallest absolute Gasteiger partial charge is 0.256 e. The van der Waals surface area contributed by atoms with Crippen molar-refractivity contribution in [1.82, 2.24) is 19.9 Å². The van der Waals surface area contributed by atoms with E-state index >= 15 is 0 Å². The van der Waals surface area contributed by atoms with Gasteiger partial charge in [-0.25, -0.2) is 13.8 Å². The molecule has 0 bridgehead atoms. The number of nitrogens with zero attached hydrogens (tertiary/aromatic N) is 4. The summed E-state index contributed by atoms with van der Waals surface area (Å²) in [6.45, 7) is 3.52. The Labute approximate surface area is 230 Å². The van der Waals surface area contributed by atoms with Crippen LogP contribution in [0.2, 0.25) is 0 Å². The van der Waals surface area contributed by atoms with Gasteiger partial charge in [-0.3, -0.25) is 14.2 Å². The zero-order valence-electron chi connectivity index (χ0n) is 22.2. The van der Waals surface area contributed by atoms with Crippen LogP contribution in [0.25, 0.3) is 16.7 Å². The lowest BCUT2D eigenvalue weighted by Gasteiger charge is -2.36. The summed E-state index contributed by atoms with van der Waals surface area (Å²) in [4.78, 5) is 37.6. The summed E-state index contributed by atoms with van der Waals surface area (Å²) in [5.41, 5.74) is 3.61. The molecular weight excluding hydrogens is 512 g/mol. The van der Waals surface area contributed by atoms with Crippen LogP contribution in [0.1, 0.15) is 47.3 Å². The molecule has 0 saturated carbocycles. The molecule has 9 heteroatoms. The van der Waals surface area contributed by atoms with Gasteiger partial charge >= 0.3 is 0 Å². The van der Waals surface area contributed by atoms with Crippen molar-refractivity contribution >= 4 is 22.9 Å². The van der Waals surface area contributed by atoms with Crippen LogP contribution in [-0.4, -0.2) is 33.5 Å². The quantitative estimate of drug-likeness (QED) is 0.350. The number of nitrogens with one attached hydrogen (secondary N) is 1. The Bertz CT molecular complexity index is 1700. The number of carbonyl (C=O) groups excluding carboxylic acids is 1. The molecule has 0 spiro atoms. The molecule has 1 saturated heterocycles. The third kappa shape index (κ3) is 4.99. The first-order valence-corrected chi connectivity index (χ1v) is 13.5. The highest BCUT2D eigenvalue weighted by atomic mass is 19.1. The molecular formula is C31H29F2N5O2. The fourth-order valence-electron chi connectivity index (χ4n) is 5.66. The molecule has 4 aromatic rings. The number of amides is 1. The number of carbonyl (C=O) groups is 1. The van der Waals surface area contributed by atoms with Crippen LogP contribution >= 0.6 is 0 Å². The van der Waals surface area contributed by atoms with Crippen molar-refractivity contribution in [2.45, 2.75) is 39.2 Å². The van der Waals surface area contributed by atoms with Crippen molar-refractivity contribution in [1.29, 1.82) is 0 Å². The molecule has 1 aliphatic carbocycles. The van der Waals surface area contributed by atoms with Crippen molar-refractivity contribution in [3.05, 3.63) is 105 Å². The number of pyridine rings is 1. The van der Waals surface area contributed by atoms with Crippen LogP contribution in [-0.2, 0) is 6.54 Å². The van der Waals surface area contributed by atoms with Crippen LogP contribution in [0.5, 0.6) is 0 Å². The topological polar surface area (TPSA) is 80.1 Å². The van der Waals surface area contributed by atoms with Gasteiger partial charge in [-0.1, -0.05) is 17.7 Å². The maximum Gasteiger partial charge on any atom is 0.256 e. The van der Waals surface area contributed by atoms with Crippen molar-refractivity contribution in [3.8, 4) is 5.69 Å². The molecule has 3 heterocycles. The third-order valence-electron chi connectivity index (χ3n) is 7.86. The monoisotopic (exact) mass is 541 g/mol. The minimum absolute atomic E-state index is 0.0808. The Balaban J connectivity index is 1.28. The van der Waals surface area contributed by atoms with Crippen molar-refractivity contribution < 1.29 is 13.6 Å². The number of anilines is 1. The van der Waals surface area contributed by atoms with Gasteiger partial charge in [0, 0.05) is 48.3 Å². The van der Waals surface area contributed by atoms with Crippen LogP contribution in [0.3, 0.4) is 0 Å². The van der Waals surface area contributed by atoms with Crippen molar-refractivity contribution in [2.24, 2.45) is 5.92 Å². The first-order chi connectivity index (χ1) is 19.4. The van der Waals surface area contributed by atoms with Crippen LogP contribution in [0.4, 0.5) is 14.7 Å². The Morgan fingerprint density at radius 2 is 1.88 bits per heavy atom. The normalized spacial score (nSPS) is 16.9. The molecule has 1 amide bonds. The second-order valence-corrected chi connectivity index (χ2v) is 10.4. The van der Waals surface area contributed by atoms with Gasteiger partial charge in [0.25, 0.3) is 11.5 Å². The Kier molecular flexibility index (Phi) is 6.88. The Morgan fingerprint density at radius 3 is 2.67 bits per heavy atom. The SMILES string of the molecule is Cc1nc(N2CCC3CCCC=C3C2)nc2c1ccc(=O)n2-c1ccc(C(=O)NCc2ccc(F)cc2F)cc1. The number of halogens is 2. The van der Waals surface area contributed by atoms with Gasteiger partial charge in [-0.2, -0.15) is 4.98 Å². The average Bonchev–Trinajstić information content (AvgIpc) is 2.96. The van der Waals surface area contributed by atoms with Crippen molar-refractivity contribution in [3.63, 3.8) is 0 Å². The maximum absolute atomic E-state index is 13.9. The summed E-state index contributed by atoms with van der Waals surface area (Å²) in [7, 11) is 0. The number of piperidine rings is 1. The molecule has 6 rings (SSSR count). The minimum Gasteiger partial charge on any atom is -0.348 e. The Hall–Kier alpha value is -4.40. The first-order valence-electron chi connectivity index (χ1n) is 13.5. The number of hydrogen-bond donors (Lipinski definition) is 1. The van der Waals surface area contributed by atoms with E-state index in [2.05, 4.69) is 16.3 Å². The summed E-state index contributed by atoms with van der Waals surface area (Å²) in [6.07, 6.45) is 7.05. The van der Waals surface area contributed by atoms with E-state index in [1.807, 2.05) is 6.92 Å². The van der Waals surface area contributed by atoms with Crippen LogP contribution in [0, 0.1) is 24.5 Å².